The maximum atomic E-state index is 12.8. The first-order valence-corrected chi connectivity index (χ1v) is 9.07. The zero-order valence-corrected chi connectivity index (χ0v) is 15.4. The number of nitrogens with one attached hydrogen (secondary N) is 1. The van der Waals surface area contributed by atoms with Crippen LogP contribution in [0.4, 0.5) is 0 Å². The van der Waals surface area contributed by atoms with Gasteiger partial charge in [-0.3, -0.25) is 9.89 Å². The van der Waals surface area contributed by atoms with Crippen LogP contribution in [0.2, 0.25) is 0 Å². The second kappa shape index (κ2) is 6.86. The Labute approximate surface area is 156 Å². The summed E-state index contributed by atoms with van der Waals surface area (Å²) < 4.78 is 3.01. The minimum atomic E-state index is -0.178. The van der Waals surface area contributed by atoms with Crippen molar-refractivity contribution in [2.24, 2.45) is 7.05 Å². The molecule has 2 aromatic heterocycles. The Hall–Kier alpha value is -3.16. The number of H-pyrrole nitrogens is 1. The third-order valence-electron chi connectivity index (χ3n) is 4.96. The number of likely N-dealkylation sites (tertiary alicyclic amines) is 1. The first-order chi connectivity index (χ1) is 13.0. The average molecular weight is 366 g/mol. The predicted molar refractivity (Wildman–Crippen MR) is 100 cm³/mol. The topological polar surface area (TPSA) is 88.8 Å². The molecule has 8 nitrogen and oxygen atoms in total. The molecule has 1 unspecified atom stereocenters. The summed E-state index contributed by atoms with van der Waals surface area (Å²) in [5.74, 6) is 0.606. The lowest BCUT2D eigenvalue weighted by atomic mass is 9.96. The third kappa shape index (κ3) is 3.18. The van der Waals surface area contributed by atoms with Crippen LogP contribution in [0.15, 0.2) is 41.2 Å². The largest absolute Gasteiger partial charge is 0.350 e. The monoisotopic (exact) mass is 366 g/mol. The number of aromatic amines is 1. The fourth-order valence-corrected chi connectivity index (χ4v) is 3.63. The van der Waals surface area contributed by atoms with Gasteiger partial charge >= 0.3 is 5.69 Å². The quantitative estimate of drug-likeness (QED) is 0.763. The van der Waals surface area contributed by atoms with Crippen molar-refractivity contribution in [2.75, 3.05) is 13.1 Å². The van der Waals surface area contributed by atoms with E-state index in [-0.39, 0.29) is 17.5 Å². The van der Waals surface area contributed by atoms with E-state index < -0.39 is 0 Å². The van der Waals surface area contributed by atoms with Crippen LogP contribution < -0.4 is 5.69 Å². The van der Waals surface area contributed by atoms with Crippen LogP contribution in [0, 0.1) is 6.92 Å². The molecule has 0 spiro atoms. The molecule has 140 valence electrons. The Morgan fingerprint density at radius 1 is 1.26 bits per heavy atom. The van der Waals surface area contributed by atoms with Crippen molar-refractivity contribution in [3.63, 3.8) is 0 Å². The summed E-state index contributed by atoms with van der Waals surface area (Å²) >= 11 is 0. The van der Waals surface area contributed by atoms with E-state index in [1.54, 1.807) is 22.6 Å². The molecule has 1 atom stereocenters. The van der Waals surface area contributed by atoms with Gasteiger partial charge in [0.15, 0.2) is 0 Å². The van der Waals surface area contributed by atoms with Gasteiger partial charge in [0.2, 0.25) is 0 Å². The molecule has 0 saturated carbocycles. The van der Waals surface area contributed by atoms with Crippen molar-refractivity contribution in [3.8, 4) is 5.69 Å². The summed E-state index contributed by atoms with van der Waals surface area (Å²) in [6.07, 6.45) is 1.74. The van der Waals surface area contributed by atoms with E-state index in [9.17, 15) is 9.59 Å². The third-order valence-corrected chi connectivity index (χ3v) is 4.96. The zero-order valence-electron chi connectivity index (χ0n) is 15.4. The molecule has 1 amide bonds. The number of nitrogens with zero attached hydrogens (tertiary/aromatic N) is 5. The molecule has 3 heterocycles. The van der Waals surface area contributed by atoms with Gasteiger partial charge in [-0.1, -0.05) is 18.2 Å². The molecular formula is C19H22N6O2. The van der Waals surface area contributed by atoms with Crippen molar-refractivity contribution in [1.82, 2.24) is 29.4 Å². The summed E-state index contributed by atoms with van der Waals surface area (Å²) in [5.41, 5.74) is 1.89. The molecule has 0 aliphatic carbocycles. The van der Waals surface area contributed by atoms with Gasteiger partial charge in [-0.2, -0.15) is 10.2 Å². The van der Waals surface area contributed by atoms with E-state index in [1.807, 2.05) is 37.3 Å². The van der Waals surface area contributed by atoms with Gasteiger partial charge in [-0.25, -0.2) is 14.0 Å². The number of aryl methyl sites for hydroxylation is 2. The Morgan fingerprint density at radius 3 is 2.74 bits per heavy atom. The van der Waals surface area contributed by atoms with Gasteiger partial charge in [-0.15, -0.1) is 0 Å². The van der Waals surface area contributed by atoms with E-state index in [1.165, 1.54) is 4.68 Å². The van der Waals surface area contributed by atoms with E-state index in [0.29, 0.717) is 24.6 Å². The average Bonchev–Trinajstić information content (AvgIpc) is 3.25. The van der Waals surface area contributed by atoms with Crippen molar-refractivity contribution in [2.45, 2.75) is 25.7 Å². The van der Waals surface area contributed by atoms with Crippen molar-refractivity contribution >= 4 is 5.91 Å². The highest BCUT2D eigenvalue weighted by Crippen LogP contribution is 2.27. The number of hydrogen-bond donors (Lipinski definition) is 1. The number of carbonyl (C=O) groups excluding carboxylic acids is 1. The van der Waals surface area contributed by atoms with Crippen LogP contribution >= 0.6 is 0 Å². The Kier molecular flexibility index (Phi) is 4.39. The molecule has 8 heteroatoms. The first-order valence-electron chi connectivity index (χ1n) is 9.07. The normalized spacial score (nSPS) is 17.3. The summed E-state index contributed by atoms with van der Waals surface area (Å²) in [5, 5.41) is 11.4. The number of rotatable bonds is 3. The highest BCUT2D eigenvalue weighted by atomic mass is 16.2. The number of piperidine rings is 1. The van der Waals surface area contributed by atoms with Crippen LogP contribution in [0.5, 0.6) is 0 Å². The van der Waals surface area contributed by atoms with E-state index >= 15 is 0 Å². The number of carbonyl (C=O) groups is 1. The molecule has 0 radical (unpaired) electrons. The molecule has 27 heavy (non-hydrogen) atoms. The Balaban J connectivity index is 1.65. The Morgan fingerprint density at radius 2 is 2.04 bits per heavy atom. The van der Waals surface area contributed by atoms with Gasteiger partial charge in [0.1, 0.15) is 11.5 Å². The maximum absolute atomic E-state index is 12.8. The standard InChI is InChI=1S/C19H22N6O2/c1-13-11-16(21-20-13)18(26)24-10-6-7-14(12-24)17-22-23(2)19(27)25(17)15-8-4-3-5-9-15/h3-5,8-9,11,14H,6-7,10,12H2,1-2H3,(H,20,21). The minimum Gasteiger partial charge on any atom is -0.337 e. The zero-order chi connectivity index (χ0) is 19.0. The van der Waals surface area contributed by atoms with Crippen LogP contribution in [-0.2, 0) is 7.05 Å². The van der Waals surface area contributed by atoms with Crippen LogP contribution in [-0.4, -0.2) is 48.4 Å². The summed E-state index contributed by atoms with van der Waals surface area (Å²) in [6, 6.07) is 11.3. The molecule has 1 aromatic carbocycles. The van der Waals surface area contributed by atoms with Crippen molar-refractivity contribution < 1.29 is 4.79 Å². The van der Waals surface area contributed by atoms with Crippen LogP contribution in [0.3, 0.4) is 0 Å². The highest BCUT2D eigenvalue weighted by molar-refractivity contribution is 5.92. The SMILES string of the molecule is Cc1cc(C(=O)N2CCCC(c3nn(C)c(=O)n3-c3ccccc3)C2)n[nH]1. The van der Waals surface area contributed by atoms with Gasteiger partial charge in [0, 0.05) is 31.7 Å². The molecule has 3 aromatic rings. The summed E-state index contributed by atoms with van der Waals surface area (Å²) in [7, 11) is 1.66. The summed E-state index contributed by atoms with van der Waals surface area (Å²) in [6.45, 7) is 3.08. The van der Waals surface area contributed by atoms with Crippen molar-refractivity contribution in [3.05, 3.63) is 64.1 Å². The smallest absolute Gasteiger partial charge is 0.337 e. The number of para-hydroxylation sites is 1. The molecule has 1 fully saturated rings. The molecule has 4 rings (SSSR count). The fourth-order valence-electron chi connectivity index (χ4n) is 3.63. The predicted octanol–water partition coefficient (Wildman–Crippen LogP) is 1.62. The lowest BCUT2D eigenvalue weighted by molar-refractivity contribution is 0.0698. The lowest BCUT2D eigenvalue weighted by Gasteiger charge is -2.31. The summed E-state index contributed by atoms with van der Waals surface area (Å²) in [4.78, 5) is 27.2. The molecule has 0 bridgehead atoms. The van der Waals surface area contributed by atoms with Gasteiger partial charge < -0.3 is 4.90 Å². The van der Waals surface area contributed by atoms with Crippen molar-refractivity contribution in [1.29, 1.82) is 0 Å². The molecular weight excluding hydrogens is 344 g/mol. The van der Waals surface area contributed by atoms with Gasteiger partial charge in [0.05, 0.1) is 5.69 Å². The molecule has 1 aliphatic heterocycles. The molecule has 1 saturated heterocycles. The maximum Gasteiger partial charge on any atom is 0.350 e. The Bertz CT molecular complexity index is 1020. The molecule has 1 N–H and O–H groups in total. The van der Waals surface area contributed by atoms with Crippen LogP contribution in [0.25, 0.3) is 5.69 Å². The van der Waals surface area contributed by atoms with Crippen LogP contribution in [0.1, 0.15) is 40.8 Å². The first kappa shape index (κ1) is 17.3. The van der Waals surface area contributed by atoms with Gasteiger partial charge in [-0.05, 0) is 38.0 Å². The number of hydrogen-bond acceptors (Lipinski definition) is 4. The second-order valence-corrected chi connectivity index (χ2v) is 6.96. The lowest BCUT2D eigenvalue weighted by Crippen LogP contribution is -2.40. The fraction of sp³-hybridized carbons (Fsp3) is 0.368. The second-order valence-electron chi connectivity index (χ2n) is 6.96. The molecule has 1 aliphatic rings. The van der Waals surface area contributed by atoms with E-state index in [4.69, 9.17) is 0 Å². The highest BCUT2D eigenvalue weighted by Gasteiger charge is 2.30. The van der Waals surface area contributed by atoms with E-state index in [0.717, 1.165) is 24.2 Å². The minimum absolute atomic E-state index is 0.00292. The van der Waals surface area contributed by atoms with E-state index in [2.05, 4.69) is 15.3 Å². The number of amides is 1. The number of benzene rings is 1. The van der Waals surface area contributed by atoms with Gasteiger partial charge in [0.25, 0.3) is 5.91 Å². The number of aromatic nitrogens is 5.